The Bertz CT molecular complexity index is 1070. The zero-order valence-corrected chi connectivity index (χ0v) is 17.0. The van der Waals surface area contributed by atoms with Crippen LogP contribution >= 0.6 is 0 Å². The van der Waals surface area contributed by atoms with Crippen LogP contribution in [0.15, 0.2) is 95.9 Å². The number of benzene rings is 3. The van der Waals surface area contributed by atoms with E-state index < -0.39 is 31.4 Å². The number of sulfonamides is 1. The minimum atomic E-state index is -3.72. The molecule has 0 spiro atoms. The van der Waals surface area contributed by atoms with Gasteiger partial charge in [0.25, 0.3) is 0 Å². The molecule has 1 fully saturated rings. The molecule has 0 N–H and O–H groups in total. The largest absolute Gasteiger partial charge is 0.253 e. The van der Waals surface area contributed by atoms with E-state index in [1.807, 2.05) is 73.7 Å². The molecule has 1 heterocycles. The van der Waals surface area contributed by atoms with E-state index in [-0.39, 0.29) is 6.04 Å². The normalized spacial score (nSPS) is 23.5. The number of rotatable bonds is 5. The van der Waals surface area contributed by atoms with Crippen LogP contribution in [0.1, 0.15) is 30.1 Å². The molecule has 1 aliphatic rings. The molecular weight excluding hydrogens is 390 g/mol. The van der Waals surface area contributed by atoms with Crippen LogP contribution in [0.25, 0.3) is 0 Å². The van der Waals surface area contributed by atoms with E-state index in [0.29, 0.717) is 4.90 Å². The number of hydrogen-bond acceptors (Lipinski definition) is 3. The Morgan fingerprint density at radius 2 is 1.32 bits per heavy atom. The number of hydrogen-bond donors (Lipinski definition) is 0. The van der Waals surface area contributed by atoms with E-state index in [4.69, 9.17) is 0 Å². The molecule has 4 nitrogen and oxygen atoms in total. The maximum atomic E-state index is 13.3. The molecule has 144 valence electrons. The van der Waals surface area contributed by atoms with E-state index in [1.54, 1.807) is 24.3 Å². The van der Waals surface area contributed by atoms with Gasteiger partial charge in [0.15, 0.2) is 4.58 Å². The van der Waals surface area contributed by atoms with E-state index in [9.17, 15) is 12.6 Å². The van der Waals surface area contributed by atoms with Gasteiger partial charge in [-0.1, -0.05) is 78.9 Å². The molecule has 1 saturated heterocycles. The molecule has 0 aromatic heterocycles. The fraction of sp³-hybridized carbons (Fsp3) is 0.182. The molecule has 6 heteroatoms. The van der Waals surface area contributed by atoms with Crippen molar-refractivity contribution in [2.45, 2.75) is 28.5 Å². The van der Waals surface area contributed by atoms with Crippen molar-refractivity contribution in [3.63, 3.8) is 0 Å². The first-order valence-corrected chi connectivity index (χ1v) is 11.8. The van der Waals surface area contributed by atoms with Gasteiger partial charge in [-0.25, -0.2) is 8.42 Å². The molecule has 4 atom stereocenters. The first kappa shape index (κ1) is 19.1. The summed E-state index contributed by atoms with van der Waals surface area (Å²) >= 11 is 0. The van der Waals surface area contributed by atoms with Gasteiger partial charge in [-0.2, -0.15) is 4.31 Å². The lowest BCUT2D eigenvalue weighted by Crippen LogP contribution is -2.60. The van der Waals surface area contributed by atoms with Gasteiger partial charge in [-0.3, -0.25) is 4.21 Å². The SMILES string of the molecule is C[C@H](c1ccccc1)N1[C@H](c2ccccc2)[C@@H]([S@@](=O)c2ccccc2)S1(=O)=O. The maximum absolute atomic E-state index is 13.3. The molecular formula is C22H21NO3S2. The van der Waals surface area contributed by atoms with Crippen LogP contribution in [-0.2, 0) is 20.8 Å². The second kappa shape index (κ2) is 7.62. The zero-order valence-electron chi connectivity index (χ0n) is 15.4. The van der Waals surface area contributed by atoms with Crippen LogP contribution in [0, 0.1) is 0 Å². The zero-order chi connectivity index (χ0) is 19.7. The molecule has 0 aliphatic carbocycles. The second-order valence-corrected chi connectivity index (χ2v) is 10.6. The minimum Gasteiger partial charge on any atom is -0.253 e. The van der Waals surface area contributed by atoms with Crippen molar-refractivity contribution in [3.8, 4) is 0 Å². The van der Waals surface area contributed by atoms with Crippen LogP contribution in [0.5, 0.6) is 0 Å². The van der Waals surface area contributed by atoms with Crippen molar-refractivity contribution >= 4 is 20.8 Å². The second-order valence-electron chi connectivity index (χ2n) is 6.80. The summed E-state index contributed by atoms with van der Waals surface area (Å²) in [6.07, 6.45) is 0. The van der Waals surface area contributed by atoms with E-state index >= 15 is 0 Å². The van der Waals surface area contributed by atoms with Crippen LogP contribution in [0.2, 0.25) is 0 Å². The molecule has 4 rings (SSSR count). The van der Waals surface area contributed by atoms with Gasteiger partial charge in [-0.05, 0) is 30.2 Å². The summed E-state index contributed by atoms with van der Waals surface area (Å²) in [5, 5.41) is 0. The van der Waals surface area contributed by atoms with Crippen LogP contribution in [0.4, 0.5) is 0 Å². The molecule has 0 unspecified atom stereocenters. The quantitative estimate of drug-likeness (QED) is 0.630. The van der Waals surface area contributed by atoms with Gasteiger partial charge in [-0.15, -0.1) is 0 Å². The first-order chi connectivity index (χ1) is 13.5. The fourth-order valence-corrected chi connectivity index (χ4v) is 8.30. The Hall–Kier alpha value is -2.28. The highest BCUT2D eigenvalue weighted by molar-refractivity contribution is 8.06. The van der Waals surface area contributed by atoms with Crippen molar-refractivity contribution in [2.24, 2.45) is 0 Å². The summed E-state index contributed by atoms with van der Waals surface area (Å²) in [6.45, 7) is 1.88. The Morgan fingerprint density at radius 3 is 1.89 bits per heavy atom. The van der Waals surface area contributed by atoms with Gasteiger partial charge in [0, 0.05) is 10.9 Å². The van der Waals surface area contributed by atoms with E-state index in [0.717, 1.165) is 11.1 Å². The lowest BCUT2D eigenvalue weighted by Gasteiger charge is -2.49. The Morgan fingerprint density at radius 1 is 0.821 bits per heavy atom. The summed E-state index contributed by atoms with van der Waals surface area (Å²) < 4.78 is 40.3. The molecule has 0 bridgehead atoms. The highest BCUT2D eigenvalue weighted by Crippen LogP contribution is 2.49. The third-order valence-corrected chi connectivity index (χ3v) is 9.76. The van der Waals surface area contributed by atoms with Gasteiger partial charge in [0.2, 0.25) is 10.0 Å². The maximum Gasteiger partial charge on any atom is 0.232 e. The van der Waals surface area contributed by atoms with Crippen LogP contribution in [0.3, 0.4) is 0 Å². The molecule has 0 saturated carbocycles. The van der Waals surface area contributed by atoms with Crippen molar-refractivity contribution in [2.75, 3.05) is 0 Å². The standard InChI is InChI=1S/C22H21NO3S2/c1-17(18-11-5-2-6-12-18)23-21(19-13-7-3-8-14-19)22(28(23,25)26)27(24)20-15-9-4-10-16-20/h2-17,21-22H,1H3/t17-,21-,22+,27+/m1/s1. The number of nitrogens with zero attached hydrogens (tertiary/aromatic N) is 1. The average molecular weight is 412 g/mol. The average Bonchev–Trinajstić information content (AvgIpc) is 2.74. The lowest BCUT2D eigenvalue weighted by molar-refractivity contribution is 0.227. The van der Waals surface area contributed by atoms with Crippen molar-refractivity contribution in [1.29, 1.82) is 0 Å². The monoisotopic (exact) mass is 411 g/mol. The third-order valence-electron chi connectivity index (χ3n) is 5.11. The minimum absolute atomic E-state index is 0.347. The van der Waals surface area contributed by atoms with Gasteiger partial charge < -0.3 is 0 Å². The summed E-state index contributed by atoms with van der Waals surface area (Å²) in [6, 6.07) is 27.0. The fourth-order valence-electron chi connectivity index (χ4n) is 3.71. The van der Waals surface area contributed by atoms with Gasteiger partial charge in [0.1, 0.15) is 0 Å². The van der Waals surface area contributed by atoms with Gasteiger partial charge in [0.05, 0.1) is 16.8 Å². The molecule has 3 aromatic carbocycles. The summed E-state index contributed by atoms with van der Waals surface area (Å²) in [5.74, 6) is 0. The Labute approximate surface area is 168 Å². The predicted molar refractivity (Wildman–Crippen MR) is 111 cm³/mol. The summed E-state index contributed by atoms with van der Waals surface area (Å²) in [7, 11) is -5.39. The molecule has 3 aromatic rings. The van der Waals surface area contributed by atoms with E-state index in [1.165, 1.54) is 4.31 Å². The Balaban J connectivity index is 1.78. The van der Waals surface area contributed by atoms with Gasteiger partial charge >= 0.3 is 0 Å². The van der Waals surface area contributed by atoms with Crippen molar-refractivity contribution in [3.05, 3.63) is 102 Å². The molecule has 0 amide bonds. The highest BCUT2D eigenvalue weighted by atomic mass is 32.3. The molecule has 1 aliphatic heterocycles. The lowest BCUT2D eigenvalue weighted by atomic mass is 10.0. The smallest absolute Gasteiger partial charge is 0.232 e. The first-order valence-electron chi connectivity index (χ1n) is 9.09. The van der Waals surface area contributed by atoms with Crippen molar-refractivity contribution < 1.29 is 12.6 Å². The highest BCUT2D eigenvalue weighted by Gasteiger charge is 2.59. The summed E-state index contributed by atoms with van der Waals surface area (Å²) in [5.41, 5.74) is 1.77. The topological polar surface area (TPSA) is 54.5 Å². The summed E-state index contributed by atoms with van der Waals surface area (Å²) in [4.78, 5) is 0.532. The van der Waals surface area contributed by atoms with E-state index in [2.05, 4.69) is 0 Å². The molecule has 0 radical (unpaired) electrons. The predicted octanol–water partition coefficient (Wildman–Crippen LogP) is 4.27. The van der Waals surface area contributed by atoms with Crippen LogP contribution < -0.4 is 0 Å². The molecule has 28 heavy (non-hydrogen) atoms. The van der Waals surface area contributed by atoms with Crippen molar-refractivity contribution in [1.82, 2.24) is 4.31 Å². The Kier molecular flexibility index (Phi) is 5.19. The van der Waals surface area contributed by atoms with Crippen LogP contribution in [-0.4, -0.2) is 21.5 Å². The third kappa shape index (κ3) is 3.21.